The Morgan fingerprint density at radius 2 is 2.09 bits per heavy atom. The maximum absolute atomic E-state index is 12.2. The van der Waals surface area contributed by atoms with E-state index < -0.39 is 0 Å². The number of nitrogens with one attached hydrogen (secondary N) is 2. The number of pyridine rings is 2. The summed E-state index contributed by atoms with van der Waals surface area (Å²) in [5, 5.41) is 4.72. The summed E-state index contributed by atoms with van der Waals surface area (Å²) in [5.74, 6) is 1.50. The van der Waals surface area contributed by atoms with E-state index in [2.05, 4.69) is 25.3 Å². The fourth-order valence-corrected chi connectivity index (χ4v) is 2.52. The summed E-state index contributed by atoms with van der Waals surface area (Å²) in [6.45, 7) is 0.831. The average Bonchev–Trinajstić information content (AvgIpc) is 3.37. The molecule has 3 aromatic rings. The Kier molecular flexibility index (Phi) is 3.18. The zero-order chi connectivity index (χ0) is 15.8. The van der Waals surface area contributed by atoms with Crippen molar-refractivity contribution in [1.82, 2.24) is 19.9 Å². The molecule has 116 valence electrons. The number of hydrogen-bond acceptors (Lipinski definition) is 6. The highest BCUT2D eigenvalue weighted by Gasteiger charge is 2.21. The van der Waals surface area contributed by atoms with Crippen LogP contribution in [0.1, 0.15) is 12.8 Å². The van der Waals surface area contributed by atoms with Gasteiger partial charge in [0, 0.05) is 30.7 Å². The minimum Gasteiger partial charge on any atom is -0.369 e. The number of nitrogens with two attached hydrogens (primary N) is 1. The van der Waals surface area contributed by atoms with Gasteiger partial charge in [-0.15, -0.1) is 0 Å². The molecular weight excluding hydrogens is 292 g/mol. The third kappa shape index (κ3) is 2.73. The SMILES string of the molecule is Nc1ncc(-c2cc3cc[nH]c(=O)c3c(NCC3CC3)n2)cn1. The lowest BCUT2D eigenvalue weighted by molar-refractivity contribution is 0.884. The van der Waals surface area contributed by atoms with E-state index in [0.29, 0.717) is 22.8 Å². The first-order valence-corrected chi connectivity index (χ1v) is 7.55. The molecule has 0 unspecified atom stereocenters. The van der Waals surface area contributed by atoms with Crippen LogP contribution in [0.15, 0.2) is 35.5 Å². The number of fused-ring (bicyclic) bond motifs is 1. The van der Waals surface area contributed by atoms with Crippen molar-refractivity contribution in [1.29, 1.82) is 0 Å². The van der Waals surface area contributed by atoms with Crippen molar-refractivity contribution in [2.24, 2.45) is 5.92 Å². The van der Waals surface area contributed by atoms with Crippen LogP contribution in [-0.4, -0.2) is 26.5 Å². The molecule has 1 aliphatic rings. The molecule has 4 N–H and O–H groups in total. The molecule has 0 radical (unpaired) electrons. The summed E-state index contributed by atoms with van der Waals surface area (Å²) in [5.41, 5.74) is 6.86. The highest BCUT2D eigenvalue weighted by atomic mass is 16.1. The molecule has 7 heteroatoms. The fraction of sp³-hybridized carbons (Fsp3) is 0.250. The minimum absolute atomic E-state index is 0.145. The van der Waals surface area contributed by atoms with Crippen LogP contribution in [0.3, 0.4) is 0 Å². The maximum Gasteiger partial charge on any atom is 0.259 e. The zero-order valence-corrected chi connectivity index (χ0v) is 12.4. The number of nitrogen functional groups attached to an aromatic ring is 1. The number of H-pyrrole nitrogens is 1. The Labute approximate surface area is 132 Å². The molecule has 0 amide bonds. The molecule has 23 heavy (non-hydrogen) atoms. The topological polar surface area (TPSA) is 110 Å². The maximum atomic E-state index is 12.2. The van der Waals surface area contributed by atoms with Gasteiger partial charge >= 0.3 is 0 Å². The molecule has 0 aromatic carbocycles. The second-order valence-electron chi connectivity index (χ2n) is 5.78. The molecule has 4 rings (SSSR count). The van der Waals surface area contributed by atoms with Crippen LogP contribution in [0.4, 0.5) is 11.8 Å². The molecule has 7 nitrogen and oxygen atoms in total. The van der Waals surface area contributed by atoms with E-state index in [9.17, 15) is 4.79 Å². The van der Waals surface area contributed by atoms with Crippen molar-refractivity contribution in [3.05, 3.63) is 41.1 Å². The van der Waals surface area contributed by atoms with Crippen LogP contribution in [-0.2, 0) is 0 Å². The lowest BCUT2D eigenvalue weighted by atomic mass is 10.1. The summed E-state index contributed by atoms with van der Waals surface area (Å²) in [4.78, 5) is 27.5. The average molecular weight is 308 g/mol. The molecule has 0 atom stereocenters. The van der Waals surface area contributed by atoms with Crippen LogP contribution in [0.5, 0.6) is 0 Å². The van der Waals surface area contributed by atoms with Gasteiger partial charge in [0.2, 0.25) is 5.95 Å². The van der Waals surface area contributed by atoms with Crippen molar-refractivity contribution in [2.75, 3.05) is 17.6 Å². The van der Waals surface area contributed by atoms with Crippen molar-refractivity contribution in [2.45, 2.75) is 12.8 Å². The smallest absolute Gasteiger partial charge is 0.259 e. The van der Waals surface area contributed by atoms with E-state index in [1.165, 1.54) is 12.8 Å². The van der Waals surface area contributed by atoms with Crippen molar-refractivity contribution in [3.8, 4) is 11.3 Å². The van der Waals surface area contributed by atoms with Crippen LogP contribution in [0, 0.1) is 5.92 Å². The predicted octanol–water partition coefficient (Wildman–Crippen LogP) is 1.78. The second kappa shape index (κ2) is 5.35. The Morgan fingerprint density at radius 3 is 2.83 bits per heavy atom. The first kappa shape index (κ1) is 13.7. The first-order valence-electron chi connectivity index (χ1n) is 7.55. The number of hydrogen-bond donors (Lipinski definition) is 3. The van der Waals surface area contributed by atoms with Gasteiger partial charge in [0.1, 0.15) is 5.82 Å². The number of aromatic nitrogens is 4. The number of rotatable bonds is 4. The molecule has 1 saturated carbocycles. The molecule has 1 aliphatic carbocycles. The summed E-state index contributed by atoms with van der Waals surface area (Å²) >= 11 is 0. The van der Waals surface area contributed by atoms with Crippen LogP contribution in [0.2, 0.25) is 0 Å². The summed E-state index contributed by atoms with van der Waals surface area (Å²) in [6, 6.07) is 3.73. The van der Waals surface area contributed by atoms with Crippen molar-refractivity contribution in [3.63, 3.8) is 0 Å². The third-order valence-electron chi connectivity index (χ3n) is 3.98. The molecule has 3 aromatic heterocycles. The molecule has 0 bridgehead atoms. The van der Waals surface area contributed by atoms with Crippen LogP contribution < -0.4 is 16.6 Å². The molecule has 3 heterocycles. The number of aromatic amines is 1. The Balaban J connectivity index is 1.85. The van der Waals surface area contributed by atoms with E-state index in [-0.39, 0.29) is 11.5 Å². The van der Waals surface area contributed by atoms with Gasteiger partial charge in [-0.1, -0.05) is 0 Å². The normalized spacial score (nSPS) is 14.1. The van der Waals surface area contributed by atoms with Gasteiger partial charge in [-0.3, -0.25) is 4.79 Å². The number of nitrogens with zero attached hydrogens (tertiary/aromatic N) is 3. The molecule has 0 spiro atoms. The lowest BCUT2D eigenvalue weighted by Gasteiger charge is -2.10. The van der Waals surface area contributed by atoms with Gasteiger partial charge in [0.25, 0.3) is 5.56 Å². The van der Waals surface area contributed by atoms with E-state index in [1.54, 1.807) is 18.6 Å². The van der Waals surface area contributed by atoms with Crippen molar-refractivity contribution >= 4 is 22.5 Å². The highest BCUT2D eigenvalue weighted by molar-refractivity contribution is 5.93. The second-order valence-corrected chi connectivity index (χ2v) is 5.78. The van der Waals surface area contributed by atoms with Crippen LogP contribution in [0.25, 0.3) is 22.0 Å². The van der Waals surface area contributed by atoms with Gasteiger partial charge in [-0.25, -0.2) is 15.0 Å². The summed E-state index contributed by atoms with van der Waals surface area (Å²) in [7, 11) is 0. The molecule has 1 fully saturated rings. The van der Waals surface area contributed by atoms with Crippen LogP contribution >= 0.6 is 0 Å². The largest absolute Gasteiger partial charge is 0.369 e. The number of anilines is 2. The van der Waals surface area contributed by atoms with Gasteiger partial charge in [-0.05, 0) is 36.3 Å². The minimum atomic E-state index is -0.145. The Morgan fingerprint density at radius 1 is 1.30 bits per heavy atom. The summed E-state index contributed by atoms with van der Waals surface area (Å²) in [6.07, 6.45) is 7.36. The van der Waals surface area contributed by atoms with Gasteiger partial charge in [0.15, 0.2) is 0 Å². The van der Waals surface area contributed by atoms with Gasteiger partial charge in [0.05, 0.1) is 11.1 Å². The van der Waals surface area contributed by atoms with Gasteiger partial charge < -0.3 is 16.0 Å². The highest BCUT2D eigenvalue weighted by Crippen LogP contribution is 2.30. The lowest BCUT2D eigenvalue weighted by Crippen LogP contribution is -2.12. The molecule has 0 aliphatic heterocycles. The summed E-state index contributed by atoms with van der Waals surface area (Å²) < 4.78 is 0. The van der Waals surface area contributed by atoms with E-state index >= 15 is 0 Å². The Hall–Kier alpha value is -2.96. The quantitative estimate of drug-likeness (QED) is 0.678. The van der Waals surface area contributed by atoms with E-state index in [4.69, 9.17) is 5.73 Å². The zero-order valence-electron chi connectivity index (χ0n) is 12.4. The van der Waals surface area contributed by atoms with E-state index in [0.717, 1.165) is 17.5 Å². The molecular formula is C16H16N6O. The Bertz CT molecular complexity index is 914. The van der Waals surface area contributed by atoms with Crippen molar-refractivity contribution < 1.29 is 0 Å². The monoisotopic (exact) mass is 308 g/mol. The third-order valence-corrected chi connectivity index (χ3v) is 3.98. The standard InChI is InChI=1S/C16H16N6O/c17-16-20-7-11(8-21-16)12-5-10-3-4-18-15(23)13(10)14(22-12)19-6-9-1-2-9/h3-5,7-9H,1-2,6H2,(H,18,23)(H,19,22)(H2,17,20,21). The molecule has 0 saturated heterocycles. The fourth-order valence-electron chi connectivity index (χ4n) is 2.52. The van der Waals surface area contributed by atoms with Gasteiger partial charge in [-0.2, -0.15) is 0 Å². The van der Waals surface area contributed by atoms with E-state index in [1.807, 2.05) is 12.1 Å². The first-order chi connectivity index (χ1) is 11.2. The predicted molar refractivity (Wildman–Crippen MR) is 89.0 cm³/mol.